The number of Topliss-reactive ketones (excluding diaryl/α,β-unsaturated/α-hetero) is 1. The number of aliphatic carboxylic acids is 1. The van der Waals surface area contributed by atoms with Crippen molar-refractivity contribution >= 4 is 11.8 Å². The van der Waals surface area contributed by atoms with Crippen LogP contribution in [0.5, 0.6) is 0 Å². The van der Waals surface area contributed by atoms with Gasteiger partial charge < -0.3 is 16.6 Å². The molecule has 1 aliphatic rings. The van der Waals surface area contributed by atoms with Crippen molar-refractivity contribution in [2.24, 2.45) is 34.6 Å². The van der Waals surface area contributed by atoms with Crippen LogP contribution < -0.4 is 11.5 Å². The standard InChI is InChI=1S/C17H30N2O3/c1-10-6-5-7-17(3,4)15(10)12(8-11(2)18)16(22)13(19)9-14(20)21/h8,10,12-13,15H,5-7,9,18-19H2,1-4H3,(H,20,21)/b11-8-/t10?,12?,13-,15?/m0/s1. The van der Waals surface area contributed by atoms with Crippen LogP contribution in [0.2, 0.25) is 0 Å². The molecule has 5 heteroatoms. The second-order valence-corrected chi connectivity index (χ2v) is 7.43. The summed E-state index contributed by atoms with van der Waals surface area (Å²) in [6, 6.07) is -0.983. The van der Waals surface area contributed by atoms with Crippen molar-refractivity contribution < 1.29 is 14.7 Å². The topological polar surface area (TPSA) is 106 Å². The van der Waals surface area contributed by atoms with Gasteiger partial charge in [0.2, 0.25) is 0 Å². The molecule has 3 unspecified atom stereocenters. The Kier molecular flexibility index (Phi) is 6.17. The van der Waals surface area contributed by atoms with E-state index in [9.17, 15) is 9.59 Å². The van der Waals surface area contributed by atoms with Crippen LogP contribution in [0.4, 0.5) is 0 Å². The van der Waals surface area contributed by atoms with E-state index in [-0.39, 0.29) is 23.5 Å². The van der Waals surface area contributed by atoms with E-state index in [4.69, 9.17) is 16.6 Å². The van der Waals surface area contributed by atoms with Gasteiger partial charge in [-0.2, -0.15) is 0 Å². The van der Waals surface area contributed by atoms with Gasteiger partial charge in [0.1, 0.15) is 0 Å². The molecule has 0 aromatic rings. The Bertz CT molecular complexity index is 453. The Hall–Kier alpha value is -1.36. The number of hydrogen-bond donors (Lipinski definition) is 3. The van der Waals surface area contributed by atoms with Gasteiger partial charge in [-0.1, -0.05) is 39.7 Å². The maximum Gasteiger partial charge on any atom is 0.305 e. The summed E-state index contributed by atoms with van der Waals surface area (Å²) >= 11 is 0. The zero-order valence-electron chi connectivity index (χ0n) is 14.1. The first-order valence-electron chi connectivity index (χ1n) is 8.01. The third kappa shape index (κ3) is 4.57. The summed E-state index contributed by atoms with van der Waals surface area (Å²) in [5, 5.41) is 8.89. The van der Waals surface area contributed by atoms with Crippen molar-refractivity contribution in [1.29, 1.82) is 0 Å². The zero-order valence-corrected chi connectivity index (χ0v) is 14.1. The maximum absolute atomic E-state index is 12.8. The largest absolute Gasteiger partial charge is 0.481 e. The normalized spacial score (nSPS) is 28.0. The first kappa shape index (κ1) is 18.7. The Labute approximate surface area is 133 Å². The van der Waals surface area contributed by atoms with E-state index in [0.717, 1.165) is 19.3 Å². The van der Waals surface area contributed by atoms with E-state index in [2.05, 4.69) is 20.8 Å². The maximum atomic E-state index is 12.8. The number of carboxylic acid groups (broad SMARTS) is 1. The van der Waals surface area contributed by atoms with E-state index in [1.54, 1.807) is 13.0 Å². The lowest BCUT2D eigenvalue weighted by atomic mass is 9.58. The molecule has 0 amide bonds. The molecule has 5 N–H and O–H groups in total. The van der Waals surface area contributed by atoms with Crippen molar-refractivity contribution in [3.8, 4) is 0 Å². The average molecular weight is 310 g/mol. The molecule has 1 fully saturated rings. The van der Waals surface area contributed by atoms with Crippen molar-refractivity contribution in [2.45, 2.75) is 59.4 Å². The summed E-state index contributed by atoms with van der Waals surface area (Å²) in [6.45, 7) is 8.27. The molecule has 0 heterocycles. The smallest absolute Gasteiger partial charge is 0.305 e. The Morgan fingerprint density at radius 3 is 2.45 bits per heavy atom. The van der Waals surface area contributed by atoms with E-state index in [1.807, 2.05) is 0 Å². The predicted molar refractivity (Wildman–Crippen MR) is 87.0 cm³/mol. The molecule has 0 saturated heterocycles. The fourth-order valence-corrected chi connectivity index (χ4v) is 4.02. The van der Waals surface area contributed by atoms with Crippen LogP contribution in [0.1, 0.15) is 53.4 Å². The molecule has 1 rings (SSSR count). The highest BCUT2D eigenvalue weighted by molar-refractivity contribution is 5.91. The highest BCUT2D eigenvalue weighted by Gasteiger charge is 2.44. The summed E-state index contributed by atoms with van der Waals surface area (Å²) in [7, 11) is 0. The Morgan fingerprint density at radius 1 is 1.41 bits per heavy atom. The monoisotopic (exact) mass is 310 g/mol. The fourth-order valence-electron chi connectivity index (χ4n) is 4.02. The lowest BCUT2D eigenvalue weighted by Crippen LogP contribution is -2.46. The summed E-state index contributed by atoms with van der Waals surface area (Å²) < 4.78 is 0. The van der Waals surface area contributed by atoms with Crippen LogP contribution in [-0.2, 0) is 9.59 Å². The van der Waals surface area contributed by atoms with E-state index in [1.165, 1.54) is 0 Å². The summed E-state index contributed by atoms with van der Waals surface area (Å²) in [5.41, 5.74) is 12.2. The van der Waals surface area contributed by atoms with Gasteiger partial charge in [-0.3, -0.25) is 9.59 Å². The Balaban J connectivity index is 3.14. The zero-order chi connectivity index (χ0) is 17.1. The first-order valence-corrected chi connectivity index (χ1v) is 8.01. The molecule has 0 bridgehead atoms. The summed E-state index contributed by atoms with van der Waals surface area (Å²) in [4.78, 5) is 23.6. The molecular weight excluding hydrogens is 280 g/mol. The molecule has 0 aromatic heterocycles. The number of rotatable bonds is 6. The van der Waals surface area contributed by atoms with Gasteiger partial charge in [0, 0.05) is 11.6 Å². The van der Waals surface area contributed by atoms with Crippen molar-refractivity contribution in [1.82, 2.24) is 0 Å². The average Bonchev–Trinajstić information content (AvgIpc) is 2.34. The molecule has 1 saturated carbocycles. The third-order valence-electron chi connectivity index (χ3n) is 4.91. The first-order chi connectivity index (χ1) is 10.1. The van der Waals surface area contributed by atoms with Crippen molar-refractivity contribution in [2.75, 3.05) is 0 Å². The number of allylic oxidation sites excluding steroid dienone is 2. The molecule has 22 heavy (non-hydrogen) atoms. The molecule has 126 valence electrons. The van der Waals surface area contributed by atoms with Gasteiger partial charge in [-0.15, -0.1) is 0 Å². The number of nitrogens with two attached hydrogens (primary N) is 2. The SMILES string of the molecule is C/C(N)=C/C(C(=O)[C@@H](N)CC(=O)O)C1C(C)CCCC1(C)C. The number of carboxylic acids is 1. The number of ketones is 1. The van der Waals surface area contributed by atoms with Gasteiger partial charge in [0.05, 0.1) is 12.5 Å². The van der Waals surface area contributed by atoms with Gasteiger partial charge >= 0.3 is 5.97 Å². The van der Waals surface area contributed by atoms with Gasteiger partial charge in [0.15, 0.2) is 5.78 Å². The minimum Gasteiger partial charge on any atom is -0.481 e. The number of carbonyl (C=O) groups excluding carboxylic acids is 1. The minimum absolute atomic E-state index is 0.00683. The van der Waals surface area contributed by atoms with Crippen molar-refractivity contribution in [3.63, 3.8) is 0 Å². The number of carbonyl (C=O) groups is 2. The minimum atomic E-state index is -1.05. The highest BCUT2D eigenvalue weighted by Crippen LogP contribution is 2.48. The molecule has 0 aromatic carbocycles. The quantitative estimate of drug-likeness (QED) is 0.698. The lowest BCUT2D eigenvalue weighted by Gasteiger charge is -2.46. The molecule has 0 spiro atoms. The van der Waals surface area contributed by atoms with E-state index >= 15 is 0 Å². The molecule has 0 aliphatic heterocycles. The third-order valence-corrected chi connectivity index (χ3v) is 4.91. The van der Waals surface area contributed by atoms with Crippen LogP contribution in [0.3, 0.4) is 0 Å². The lowest BCUT2D eigenvalue weighted by molar-refractivity contribution is -0.140. The molecule has 0 radical (unpaired) electrons. The van der Waals surface area contributed by atoms with Crippen LogP contribution in [0, 0.1) is 23.2 Å². The molecular formula is C17H30N2O3. The summed E-state index contributed by atoms with van der Waals surface area (Å²) in [6.07, 6.45) is 4.71. The van der Waals surface area contributed by atoms with Crippen molar-refractivity contribution in [3.05, 3.63) is 11.8 Å². The predicted octanol–water partition coefficient (Wildman–Crippen LogP) is 2.30. The number of hydrogen-bond acceptors (Lipinski definition) is 4. The van der Waals surface area contributed by atoms with Gasteiger partial charge in [0.25, 0.3) is 0 Å². The second kappa shape index (κ2) is 7.27. The van der Waals surface area contributed by atoms with E-state index in [0.29, 0.717) is 11.6 Å². The second-order valence-electron chi connectivity index (χ2n) is 7.43. The van der Waals surface area contributed by atoms with Crippen LogP contribution in [0.15, 0.2) is 11.8 Å². The summed E-state index contributed by atoms with van der Waals surface area (Å²) in [5.74, 6) is -1.16. The van der Waals surface area contributed by atoms with Crippen LogP contribution in [-0.4, -0.2) is 22.9 Å². The molecule has 1 aliphatic carbocycles. The van der Waals surface area contributed by atoms with E-state index < -0.39 is 17.9 Å². The van der Waals surface area contributed by atoms with Gasteiger partial charge in [-0.05, 0) is 30.6 Å². The molecule has 4 atom stereocenters. The van der Waals surface area contributed by atoms with Crippen LogP contribution >= 0.6 is 0 Å². The van der Waals surface area contributed by atoms with Crippen LogP contribution in [0.25, 0.3) is 0 Å². The van der Waals surface area contributed by atoms with Gasteiger partial charge in [-0.25, -0.2) is 0 Å². The highest BCUT2D eigenvalue weighted by atomic mass is 16.4. The molecule has 5 nitrogen and oxygen atoms in total. The Morgan fingerprint density at radius 2 is 2.00 bits per heavy atom. The fraction of sp³-hybridized carbons (Fsp3) is 0.765.